The molecule has 29 heavy (non-hydrogen) atoms. The van der Waals surface area contributed by atoms with Gasteiger partial charge in [-0.3, -0.25) is 9.36 Å². The van der Waals surface area contributed by atoms with Crippen LogP contribution in [-0.4, -0.2) is 83.4 Å². The molecule has 2 fully saturated rings. The molecule has 1 aromatic heterocycles. The Kier molecular flexibility index (Phi) is 6.37. The summed E-state index contributed by atoms with van der Waals surface area (Å²) >= 11 is 1.44. The average molecular weight is 418 g/mol. The molecule has 1 atom stereocenters. The fourth-order valence-electron chi connectivity index (χ4n) is 3.61. The number of aromatic nitrogens is 3. The number of morpholine rings is 2. The second kappa shape index (κ2) is 9.15. The molecule has 3 heterocycles. The SMILES string of the molecule is Cc1ccccc1-n1c(SCC(=O)N2CCOC(C)C2)nnc1N1CCOCC1. The topological polar surface area (TPSA) is 72.7 Å². The third kappa shape index (κ3) is 4.57. The number of anilines is 1. The molecule has 156 valence electrons. The Labute approximate surface area is 175 Å². The summed E-state index contributed by atoms with van der Waals surface area (Å²) in [5.41, 5.74) is 2.17. The number of amides is 1. The van der Waals surface area contributed by atoms with Crippen molar-refractivity contribution in [1.29, 1.82) is 0 Å². The van der Waals surface area contributed by atoms with E-state index in [4.69, 9.17) is 9.47 Å². The minimum absolute atomic E-state index is 0.0845. The lowest BCUT2D eigenvalue weighted by Gasteiger charge is -2.31. The zero-order valence-corrected chi connectivity index (χ0v) is 17.7. The summed E-state index contributed by atoms with van der Waals surface area (Å²) in [6.07, 6.45) is 0.0845. The first-order valence-corrected chi connectivity index (χ1v) is 11.0. The van der Waals surface area contributed by atoms with Gasteiger partial charge < -0.3 is 19.3 Å². The molecule has 1 amide bonds. The third-order valence-corrected chi connectivity index (χ3v) is 6.10. The van der Waals surface area contributed by atoms with E-state index < -0.39 is 0 Å². The average Bonchev–Trinajstić information content (AvgIpc) is 3.16. The highest BCUT2D eigenvalue weighted by Crippen LogP contribution is 2.29. The summed E-state index contributed by atoms with van der Waals surface area (Å²) in [7, 11) is 0. The number of hydrogen-bond acceptors (Lipinski definition) is 7. The van der Waals surface area contributed by atoms with Crippen molar-refractivity contribution in [2.75, 3.05) is 56.7 Å². The molecule has 2 aliphatic heterocycles. The molecule has 0 saturated carbocycles. The Hall–Kier alpha value is -2.10. The molecule has 4 rings (SSSR count). The van der Waals surface area contributed by atoms with Gasteiger partial charge in [0, 0.05) is 26.2 Å². The van der Waals surface area contributed by atoms with Crippen molar-refractivity contribution in [2.45, 2.75) is 25.1 Å². The molecule has 2 aromatic rings. The van der Waals surface area contributed by atoms with Crippen LogP contribution in [0.15, 0.2) is 29.4 Å². The standard InChI is InChI=1S/C20H27N5O3S/c1-15-5-3-4-6-17(15)25-19(23-7-10-27-11-8-23)21-22-20(25)29-14-18(26)24-9-12-28-16(2)13-24/h3-6,16H,7-14H2,1-2H3. The lowest BCUT2D eigenvalue weighted by Crippen LogP contribution is -2.45. The number of rotatable bonds is 5. The van der Waals surface area contributed by atoms with E-state index in [-0.39, 0.29) is 12.0 Å². The monoisotopic (exact) mass is 417 g/mol. The fraction of sp³-hybridized carbons (Fsp3) is 0.550. The summed E-state index contributed by atoms with van der Waals surface area (Å²) in [5.74, 6) is 1.25. The lowest BCUT2D eigenvalue weighted by molar-refractivity contribution is -0.135. The Bertz CT molecular complexity index is 852. The van der Waals surface area contributed by atoms with Crippen LogP contribution in [0.4, 0.5) is 5.95 Å². The van der Waals surface area contributed by atoms with E-state index in [9.17, 15) is 4.79 Å². The van der Waals surface area contributed by atoms with Gasteiger partial charge in [0.25, 0.3) is 0 Å². The smallest absolute Gasteiger partial charge is 0.233 e. The number of carbonyl (C=O) groups excluding carboxylic acids is 1. The van der Waals surface area contributed by atoms with E-state index in [1.807, 2.05) is 24.0 Å². The van der Waals surface area contributed by atoms with E-state index in [1.54, 1.807) is 0 Å². The Balaban J connectivity index is 1.57. The zero-order valence-electron chi connectivity index (χ0n) is 16.9. The van der Waals surface area contributed by atoms with E-state index >= 15 is 0 Å². The molecule has 0 bridgehead atoms. The first kappa shape index (κ1) is 20.2. The molecule has 0 aliphatic carbocycles. The van der Waals surface area contributed by atoms with Crippen molar-refractivity contribution >= 4 is 23.6 Å². The van der Waals surface area contributed by atoms with Gasteiger partial charge in [-0.05, 0) is 25.5 Å². The first-order valence-electron chi connectivity index (χ1n) is 10.00. The van der Waals surface area contributed by atoms with Crippen molar-refractivity contribution < 1.29 is 14.3 Å². The normalized spacial score (nSPS) is 20.1. The number of hydrogen-bond donors (Lipinski definition) is 0. The molecule has 9 heteroatoms. The molecule has 2 saturated heterocycles. The van der Waals surface area contributed by atoms with Crippen LogP contribution in [0.3, 0.4) is 0 Å². The van der Waals surface area contributed by atoms with E-state index in [0.717, 1.165) is 35.4 Å². The van der Waals surface area contributed by atoms with Gasteiger partial charge in [0.1, 0.15) is 0 Å². The minimum atomic E-state index is 0.0845. The molecule has 8 nitrogen and oxygen atoms in total. The maximum Gasteiger partial charge on any atom is 0.233 e. The summed E-state index contributed by atoms with van der Waals surface area (Å²) in [6.45, 7) is 8.86. The van der Waals surface area contributed by atoms with Crippen LogP contribution in [0.25, 0.3) is 5.69 Å². The maximum absolute atomic E-state index is 12.7. The van der Waals surface area contributed by atoms with Crippen LogP contribution in [-0.2, 0) is 14.3 Å². The summed E-state index contributed by atoms with van der Waals surface area (Å²) < 4.78 is 13.1. The molecule has 1 unspecified atom stereocenters. The molecule has 1 aromatic carbocycles. The van der Waals surface area contributed by atoms with E-state index in [0.29, 0.717) is 38.7 Å². The third-order valence-electron chi connectivity index (χ3n) is 5.19. The maximum atomic E-state index is 12.7. The number of ether oxygens (including phenoxy) is 2. The predicted octanol–water partition coefficient (Wildman–Crippen LogP) is 1.75. The van der Waals surface area contributed by atoms with E-state index in [1.165, 1.54) is 11.8 Å². The first-order chi connectivity index (χ1) is 14.1. The van der Waals surface area contributed by atoms with Crippen molar-refractivity contribution in [1.82, 2.24) is 19.7 Å². The van der Waals surface area contributed by atoms with Gasteiger partial charge in [-0.1, -0.05) is 30.0 Å². The second-order valence-corrected chi connectivity index (χ2v) is 8.26. The quantitative estimate of drug-likeness (QED) is 0.687. The predicted molar refractivity (Wildman–Crippen MR) is 112 cm³/mol. The highest BCUT2D eigenvalue weighted by atomic mass is 32.2. The van der Waals surface area contributed by atoms with Crippen molar-refractivity contribution in [3.63, 3.8) is 0 Å². The molecule has 0 spiro atoms. The number of benzene rings is 1. The summed E-state index contributed by atoms with van der Waals surface area (Å²) in [5, 5.41) is 9.65. The van der Waals surface area contributed by atoms with Gasteiger partial charge in [-0.2, -0.15) is 0 Å². The second-order valence-electron chi connectivity index (χ2n) is 7.31. The van der Waals surface area contributed by atoms with Crippen LogP contribution in [0.2, 0.25) is 0 Å². The number of aryl methyl sites for hydroxylation is 1. The Morgan fingerprint density at radius 1 is 1.17 bits per heavy atom. The molecule has 0 N–H and O–H groups in total. The summed E-state index contributed by atoms with van der Waals surface area (Å²) in [4.78, 5) is 16.8. The number of thioether (sulfide) groups is 1. The van der Waals surface area contributed by atoms with E-state index in [2.05, 4.69) is 38.7 Å². The van der Waals surface area contributed by atoms with Gasteiger partial charge in [-0.15, -0.1) is 10.2 Å². The number of nitrogens with zero attached hydrogens (tertiary/aromatic N) is 5. The highest BCUT2D eigenvalue weighted by molar-refractivity contribution is 7.99. The highest BCUT2D eigenvalue weighted by Gasteiger charge is 2.25. The number of carbonyl (C=O) groups is 1. The van der Waals surface area contributed by atoms with Gasteiger partial charge in [0.05, 0.1) is 37.4 Å². The van der Waals surface area contributed by atoms with Crippen LogP contribution < -0.4 is 4.90 Å². The van der Waals surface area contributed by atoms with Gasteiger partial charge in [0.15, 0.2) is 5.16 Å². The fourth-order valence-corrected chi connectivity index (χ4v) is 4.45. The largest absolute Gasteiger partial charge is 0.378 e. The van der Waals surface area contributed by atoms with Crippen LogP contribution in [0.1, 0.15) is 12.5 Å². The van der Waals surface area contributed by atoms with Crippen molar-refractivity contribution in [2.24, 2.45) is 0 Å². The van der Waals surface area contributed by atoms with Crippen LogP contribution in [0.5, 0.6) is 0 Å². The Morgan fingerprint density at radius 2 is 1.97 bits per heavy atom. The zero-order chi connectivity index (χ0) is 20.2. The van der Waals surface area contributed by atoms with Gasteiger partial charge in [0.2, 0.25) is 11.9 Å². The lowest BCUT2D eigenvalue weighted by atomic mass is 10.2. The number of para-hydroxylation sites is 1. The Morgan fingerprint density at radius 3 is 2.72 bits per heavy atom. The van der Waals surface area contributed by atoms with Crippen molar-refractivity contribution in [3.05, 3.63) is 29.8 Å². The molecule has 2 aliphatic rings. The van der Waals surface area contributed by atoms with Crippen molar-refractivity contribution in [3.8, 4) is 5.69 Å². The molecular weight excluding hydrogens is 390 g/mol. The molecule has 0 radical (unpaired) electrons. The molecular formula is C20H27N5O3S. The van der Waals surface area contributed by atoms with Crippen LogP contribution in [0, 0.1) is 6.92 Å². The van der Waals surface area contributed by atoms with Gasteiger partial charge >= 0.3 is 0 Å². The van der Waals surface area contributed by atoms with Gasteiger partial charge in [-0.25, -0.2) is 0 Å². The van der Waals surface area contributed by atoms with Crippen LogP contribution >= 0.6 is 11.8 Å². The minimum Gasteiger partial charge on any atom is -0.378 e. The summed E-state index contributed by atoms with van der Waals surface area (Å²) in [6, 6.07) is 8.18.